The van der Waals surface area contributed by atoms with E-state index in [1.165, 1.54) is 18.0 Å². The molecule has 0 saturated carbocycles. The standard InChI is InChI=1S/C17H22N2O2S.C2H6/c1-19(2)15-10-8-14(9-11-15)7-5-4-6-12-18-16(13-22-3)17(20)21;1-2/h4-12,16H,13H2,1-3H3,(H,20,21);1-2H3/b6-4+,7-5+,18-12?;. The Labute approximate surface area is 150 Å². The second kappa shape index (κ2) is 13.4. The highest BCUT2D eigenvalue weighted by Gasteiger charge is 2.13. The molecule has 0 spiro atoms. The third-order valence-corrected chi connectivity index (χ3v) is 3.53. The first-order valence-electron chi connectivity index (χ1n) is 7.90. The molecule has 0 aliphatic carbocycles. The summed E-state index contributed by atoms with van der Waals surface area (Å²) in [6.07, 6.45) is 10.9. The third-order valence-electron chi connectivity index (χ3n) is 2.88. The number of carboxylic acid groups (broad SMARTS) is 1. The molecule has 0 amide bonds. The molecule has 1 N–H and O–H groups in total. The van der Waals surface area contributed by atoms with E-state index < -0.39 is 12.0 Å². The molecule has 0 saturated heterocycles. The van der Waals surface area contributed by atoms with Crippen molar-refractivity contribution in [3.8, 4) is 0 Å². The summed E-state index contributed by atoms with van der Waals surface area (Å²) in [6, 6.07) is 7.54. The van der Waals surface area contributed by atoms with Crippen molar-refractivity contribution in [2.24, 2.45) is 4.99 Å². The molecule has 5 heteroatoms. The predicted molar refractivity (Wildman–Crippen MR) is 109 cm³/mol. The summed E-state index contributed by atoms with van der Waals surface area (Å²) >= 11 is 1.47. The maximum atomic E-state index is 10.9. The van der Waals surface area contributed by atoms with Gasteiger partial charge in [0.05, 0.1) is 0 Å². The Bertz CT molecular complexity index is 549. The van der Waals surface area contributed by atoms with Gasteiger partial charge in [-0.15, -0.1) is 0 Å². The van der Waals surface area contributed by atoms with E-state index >= 15 is 0 Å². The first-order valence-corrected chi connectivity index (χ1v) is 9.29. The number of aliphatic imine (C=N–C) groups is 1. The Balaban J connectivity index is 0.00000254. The lowest BCUT2D eigenvalue weighted by Crippen LogP contribution is -2.20. The Morgan fingerprint density at radius 2 is 1.83 bits per heavy atom. The van der Waals surface area contributed by atoms with Crippen LogP contribution in [-0.4, -0.2) is 49.4 Å². The first-order chi connectivity index (χ1) is 11.5. The minimum atomic E-state index is -0.893. The average Bonchev–Trinajstić information content (AvgIpc) is 2.59. The van der Waals surface area contributed by atoms with E-state index in [1.54, 1.807) is 6.08 Å². The van der Waals surface area contributed by atoms with Crippen molar-refractivity contribution in [1.29, 1.82) is 0 Å². The largest absolute Gasteiger partial charge is 0.480 e. The van der Waals surface area contributed by atoms with Crippen molar-refractivity contribution in [2.75, 3.05) is 31.0 Å². The molecular formula is C19H28N2O2S. The maximum Gasteiger partial charge on any atom is 0.329 e. The zero-order valence-electron chi connectivity index (χ0n) is 15.1. The van der Waals surface area contributed by atoms with Gasteiger partial charge in [-0.1, -0.05) is 44.2 Å². The molecule has 1 aromatic rings. The van der Waals surface area contributed by atoms with Crippen LogP contribution in [0, 0.1) is 0 Å². The molecule has 1 unspecified atom stereocenters. The molecule has 1 aromatic carbocycles. The van der Waals surface area contributed by atoms with Gasteiger partial charge in [0.25, 0.3) is 0 Å². The summed E-state index contributed by atoms with van der Waals surface area (Å²) in [6.45, 7) is 4.00. The highest BCUT2D eigenvalue weighted by atomic mass is 32.2. The van der Waals surface area contributed by atoms with Crippen LogP contribution in [0.25, 0.3) is 6.08 Å². The molecule has 1 atom stereocenters. The zero-order valence-corrected chi connectivity index (χ0v) is 16.0. The molecule has 0 fully saturated rings. The van der Waals surface area contributed by atoms with Crippen LogP contribution < -0.4 is 4.90 Å². The van der Waals surface area contributed by atoms with Crippen molar-refractivity contribution < 1.29 is 9.90 Å². The van der Waals surface area contributed by atoms with Crippen LogP contribution in [0.4, 0.5) is 5.69 Å². The number of thioether (sulfide) groups is 1. The normalized spacial score (nSPS) is 12.4. The van der Waals surface area contributed by atoms with E-state index in [1.807, 2.05) is 64.6 Å². The summed E-state index contributed by atoms with van der Waals surface area (Å²) in [5.41, 5.74) is 2.27. The smallest absolute Gasteiger partial charge is 0.329 e. The summed E-state index contributed by atoms with van der Waals surface area (Å²) in [5, 5.41) is 8.95. The quantitative estimate of drug-likeness (QED) is 0.564. The Morgan fingerprint density at radius 1 is 1.21 bits per heavy atom. The highest BCUT2D eigenvalue weighted by Crippen LogP contribution is 2.13. The predicted octanol–water partition coefficient (Wildman–Crippen LogP) is 4.24. The van der Waals surface area contributed by atoms with Gasteiger partial charge in [-0.25, -0.2) is 4.79 Å². The molecule has 0 aromatic heterocycles. The highest BCUT2D eigenvalue weighted by molar-refractivity contribution is 7.98. The van der Waals surface area contributed by atoms with Crippen LogP contribution in [0.5, 0.6) is 0 Å². The summed E-state index contributed by atoms with van der Waals surface area (Å²) in [7, 11) is 4.02. The number of allylic oxidation sites excluding steroid dienone is 3. The molecule has 24 heavy (non-hydrogen) atoms. The number of nitrogens with zero attached hydrogens (tertiary/aromatic N) is 2. The van der Waals surface area contributed by atoms with Gasteiger partial charge in [0.15, 0.2) is 6.04 Å². The van der Waals surface area contributed by atoms with Crippen molar-refractivity contribution in [1.82, 2.24) is 0 Å². The van der Waals surface area contributed by atoms with Crippen molar-refractivity contribution in [2.45, 2.75) is 19.9 Å². The van der Waals surface area contributed by atoms with Gasteiger partial charge in [-0.05, 0) is 30.0 Å². The second-order valence-electron chi connectivity index (χ2n) is 4.84. The molecule has 132 valence electrons. The second-order valence-corrected chi connectivity index (χ2v) is 5.75. The summed E-state index contributed by atoms with van der Waals surface area (Å²) in [5.74, 6) is -0.413. The minimum Gasteiger partial charge on any atom is -0.480 e. The fraction of sp³-hybridized carbons (Fsp3) is 0.368. The SMILES string of the molecule is CC.CSCC(N=C/C=C/C=C/c1ccc(N(C)C)cc1)C(=O)O. The van der Waals surface area contributed by atoms with Crippen molar-refractivity contribution in [3.05, 3.63) is 48.1 Å². The van der Waals surface area contributed by atoms with Gasteiger partial charge < -0.3 is 10.0 Å². The molecular weight excluding hydrogens is 320 g/mol. The molecule has 0 aliphatic rings. The lowest BCUT2D eigenvalue weighted by molar-refractivity contribution is -0.137. The van der Waals surface area contributed by atoms with Crippen LogP contribution >= 0.6 is 11.8 Å². The molecule has 0 bridgehead atoms. The maximum absolute atomic E-state index is 10.9. The summed E-state index contributed by atoms with van der Waals surface area (Å²) < 4.78 is 0. The fourth-order valence-electron chi connectivity index (χ4n) is 1.65. The number of hydrogen-bond acceptors (Lipinski definition) is 4. The Morgan fingerprint density at radius 3 is 2.33 bits per heavy atom. The molecule has 4 nitrogen and oxygen atoms in total. The number of benzene rings is 1. The number of aliphatic carboxylic acids is 1. The Kier molecular flexibility index (Phi) is 12.3. The molecule has 1 rings (SSSR count). The monoisotopic (exact) mass is 348 g/mol. The number of rotatable bonds is 8. The van der Waals surface area contributed by atoms with Crippen molar-refractivity contribution in [3.63, 3.8) is 0 Å². The molecule has 0 aliphatic heterocycles. The van der Waals surface area contributed by atoms with Gasteiger partial charge in [-0.2, -0.15) is 11.8 Å². The number of carbonyl (C=O) groups is 1. The van der Waals surface area contributed by atoms with E-state index in [-0.39, 0.29) is 0 Å². The average molecular weight is 349 g/mol. The van der Waals surface area contributed by atoms with Crippen LogP contribution in [0.3, 0.4) is 0 Å². The van der Waals surface area contributed by atoms with Gasteiger partial charge in [0.2, 0.25) is 0 Å². The third kappa shape index (κ3) is 9.20. The van der Waals surface area contributed by atoms with E-state index in [0.717, 1.165) is 11.3 Å². The van der Waals surface area contributed by atoms with E-state index in [0.29, 0.717) is 5.75 Å². The lowest BCUT2D eigenvalue weighted by atomic mass is 10.2. The molecule has 0 heterocycles. The summed E-state index contributed by atoms with van der Waals surface area (Å²) in [4.78, 5) is 17.0. The van der Waals surface area contributed by atoms with Crippen LogP contribution in [-0.2, 0) is 4.79 Å². The van der Waals surface area contributed by atoms with E-state index in [4.69, 9.17) is 5.11 Å². The van der Waals surface area contributed by atoms with Gasteiger partial charge in [0, 0.05) is 31.8 Å². The van der Waals surface area contributed by atoms with Crippen LogP contribution in [0.1, 0.15) is 19.4 Å². The topological polar surface area (TPSA) is 52.9 Å². The number of carboxylic acids is 1. The Hall–Kier alpha value is -2.01. The van der Waals surface area contributed by atoms with Crippen LogP contribution in [0.15, 0.2) is 47.5 Å². The van der Waals surface area contributed by atoms with Gasteiger partial charge >= 0.3 is 5.97 Å². The van der Waals surface area contributed by atoms with Crippen LogP contribution in [0.2, 0.25) is 0 Å². The minimum absolute atomic E-state index is 0.480. The van der Waals surface area contributed by atoms with Gasteiger partial charge in [-0.3, -0.25) is 4.99 Å². The van der Waals surface area contributed by atoms with Crippen molar-refractivity contribution >= 4 is 35.7 Å². The number of hydrogen-bond donors (Lipinski definition) is 1. The first kappa shape index (κ1) is 22.0. The fourth-order valence-corrected chi connectivity index (χ4v) is 2.20. The zero-order chi connectivity index (χ0) is 18.4. The van der Waals surface area contributed by atoms with E-state index in [2.05, 4.69) is 22.0 Å². The lowest BCUT2D eigenvalue weighted by Gasteiger charge is -2.11. The number of anilines is 1. The molecule has 0 radical (unpaired) electrons. The van der Waals surface area contributed by atoms with E-state index in [9.17, 15) is 4.79 Å². The van der Waals surface area contributed by atoms with Gasteiger partial charge in [0.1, 0.15) is 0 Å².